The molecular formula is C17H20ClN3O3. The Labute approximate surface area is 145 Å². The third-order valence-electron chi connectivity index (χ3n) is 4.80. The second kappa shape index (κ2) is 6.43. The molecule has 128 valence electrons. The first kappa shape index (κ1) is 16.8. The van der Waals surface area contributed by atoms with Crippen molar-refractivity contribution in [2.24, 2.45) is 0 Å². The van der Waals surface area contributed by atoms with Crippen molar-refractivity contribution in [3.63, 3.8) is 0 Å². The smallest absolute Gasteiger partial charge is 0.325 e. The normalized spacial score (nSPS) is 23.8. The molecular weight excluding hydrogens is 330 g/mol. The van der Waals surface area contributed by atoms with Crippen LogP contribution in [0.3, 0.4) is 0 Å². The molecule has 0 aliphatic carbocycles. The minimum Gasteiger partial charge on any atom is -0.341 e. The van der Waals surface area contributed by atoms with Gasteiger partial charge < -0.3 is 10.2 Å². The first-order valence-corrected chi connectivity index (χ1v) is 8.53. The molecule has 2 aliphatic heterocycles. The molecule has 2 fully saturated rings. The van der Waals surface area contributed by atoms with Gasteiger partial charge in [0.05, 0.1) is 0 Å². The van der Waals surface area contributed by atoms with E-state index >= 15 is 0 Å². The van der Waals surface area contributed by atoms with Crippen LogP contribution in [0.4, 0.5) is 4.79 Å². The van der Waals surface area contributed by atoms with Gasteiger partial charge in [-0.05, 0) is 37.0 Å². The van der Waals surface area contributed by atoms with Gasteiger partial charge in [-0.1, -0.05) is 30.7 Å². The average molecular weight is 350 g/mol. The summed E-state index contributed by atoms with van der Waals surface area (Å²) < 4.78 is 0. The molecule has 3 rings (SSSR count). The van der Waals surface area contributed by atoms with E-state index in [2.05, 4.69) is 5.32 Å². The van der Waals surface area contributed by atoms with Gasteiger partial charge in [0.15, 0.2) is 0 Å². The molecule has 1 atom stereocenters. The zero-order valence-corrected chi connectivity index (χ0v) is 14.3. The van der Waals surface area contributed by atoms with Gasteiger partial charge in [0.25, 0.3) is 5.91 Å². The summed E-state index contributed by atoms with van der Waals surface area (Å²) in [6.07, 6.45) is 2.33. The van der Waals surface area contributed by atoms with E-state index in [0.717, 1.165) is 17.7 Å². The van der Waals surface area contributed by atoms with Gasteiger partial charge in [0.1, 0.15) is 12.1 Å². The van der Waals surface area contributed by atoms with Crippen molar-refractivity contribution in [1.29, 1.82) is 0 Å². The van der Waals surface area contributed by atoms with Gasteiger partial charge >= 0.3 is 6.03 Å². The molecule has 24 heavy (non-hydrogen) atoms. The molecule has 0 saturated carbocycles. The topological polar surface area (TPSA) is 69.7 Å². The lowest BCUT2D eigenvalue weighted by Gasteiger charge is -2.26. The molecule has 1 aromatic carbocycles. The molecule has 2 aliphatic rings. The van der Waals surface area contributed by atoms with Crippen LogP contribution in [-0.4, -0.2) is 47.3 Å². The third-order valence-corrected chi connectivity index (χ3v) is 5.05. The molecule has 1 aromatic rings. The fourth-order valence-electron chi connectivity index (χ4n) is 3.35. The van der Waals surface area contributed by atoms with Crippen LogP contribution in [0.15, 0.2) is 24.3 Å². The number of carbonyl (C=O) groups is 3. The number of imide groups is 1. The van der Waals surface area contributed by atoms with E-state index in [0.29, 0.717) is 30.1 Å². The summed E-state index contributed by atoms with van der Waals surface area (Å²) in [5.74, 6) is -0.566. The highest BCUT2D eigenvalue weighted by atomic mass is 35.5. The van der Waals surface area contributed by atoms with Crippen LogP contribution >= 0.6 is 11.6 Å². The van der Waals surface area contributed by atoms with Gasteiger partial charge in [-0.25, -0.2) is 4.79 Å². The Kier molecular flexibility index (Phi) is 4.49. The van der Waals surface area contributed by atoms with E-state index in [9.17, 15) is 14.4 Å². The number of benzene rings is 1. The van der Waals surface area contributed by atoms with Crippen molar-refractivity contribution in [1.82, 2.24) is 15.1 Å². The molecule has 0 spiro atoms. The van der Waals surface area contributed by atoms with E-state index in [1.807, 2.05) is 6.92 Å². The summed E-state index contributed by atoms with van der Waals surface area (Å²) in [6, 6.07) is 6.31. The molecule has 2 saturated heterocycles. The SMILES string of the molecule is CC[C@@]1(c2ccc(Cl)cc2)NC(=O)N(CC(=O)N2CCCC2)C1=O. The second-order valence-electron chi connectivity index (χ2n) is 6.18. The lowest BCUT2D eigenvalue weighted by Crippen LogP contribution is -2.45. The van der Waals surface area contributed by atoms with Gasteiger partial charge in [-0.15, -0.1) is 0 Å². The van der Waals surface area contributed by atoms with Crippen LogP contribution in [-0.2, 0) is 15.1 Å². The number of carbonyl (C=O) groups excluding carboxylic acids is 3. The van der Waals surface area contributed by atoms with Crippen molar-refractivity contribution in [3.05, 3.63) is 34.9 Å². The Morgan fingerprint density at radius 1 is 1.21 bits per heavy atom. The number of halogens is 1. The number of nitrogens with one attached hydrogen (secondary N) is 1. The fraction of sp³-hybridized carbons (Fsp3) is 0.471. The van der Waals surface area contributed by atoms with Crippen molar-refractivity contribution in [2.75, 3.05) is 19.6 Å². The molecule has 6 nitrogen and oxygen atoms in total. The Morgan fingerprint density at radius 2 is 1.83 bits per heavy atom. The zero-order valence-electron chi connectivity index (χ0n) is 13.5. The lowest BCUT2D eigenvalue weighted by atomic mass is 9.87. The van der Waals surface area contributed by atoms with Crippen LogP contribution in [0.1, 0.15) is 31.7 Å². The van der Waals surface area contributed by atoms with Crippen molar-refractivity contribution in [2.45, 2.75) is 31.7 Å². The first-order chi connectivity index (χ1) is 11.5. The molecule has 0 radical (unpaired) electrons. The monoisotopic (exact) mass is 349 g/mol. The van der Waals surface area contributed by atoms with Crippen LogP contribution < -0.4 is 5.32 Å². The van der Waals surface area contributed by atoms with Crippen LogP contribution in [0, 0.1) is 0 Å². The minimum absolute atomic E-state index is 0.181. The number of urea groups is 1. The molecule has 1 N–H and O–H groups in total. The highest BCUT2D eigenvalue weighted by molar-refractivity contribution is 6.30. The lowest BCUT2D eigenvalue weighted by molar-refractivity contribution is -0.138. The zero-order chi connectivity index (χ0) is 17.3. The van der Waals surface area contributed by atoms with Gasteiger partial charge in [0, 0.05) is 18.1 Å². The highest BCUT2D eigenvalue weighted by Crippen LogP contribution is 2.33. The average Bonchev–Trinajstić information content (AvgIpc) is 3.19. The maximum Gasteiger partial charge on any atom is 0.325 e. The maximum absolute atomic E-state index is 12.9. The van der Waals surface area contributed by atoms with Crippen LogP contribution in [0.5, 0.6) is 0 Å². The van der Waals surface area contributed by atoms with E-state index < -0.39 is 11.6 Å². The number of amides is 4. The van der Waals surface area contributed by atoms with Gasteiger partial charge in [-0.2, -0.15) is 0 Å². The number of hydrogen-bond acceptors (Lipinski definition) is 3. The second-order valence-corrected chi connectivity index (χ2v) is 6.61. The molecule has 4 amide bonds. The summed E-state index contributed by atoms with van der Waals surface area (Å²) in [6.45, 7) is 3.01. The molecule has 7 heteroatoms. The fourth-order valence-corrected chi connectivity index (χ4v) is 3.47. The molecule has 0 bridgehead atoms. The Morgan fingerprint density at radius 3 is 2.42 bits per heavy atom. The molecule has 2 heterocycles. The van der Waals surface area contributed by atoms with E-state index in [1.165, 1.54) is 0 Å². The van der Waals surface area contributed by atoms with Gasteiger partial charge in [-0.3, -0.25) is 14.5 Å². The third kappa shape index (κ3) is 2.75. The summed E-state index contributed by atoms with van der Waals surface area (Å²) in [4.78, 5) is 40.3. The van der Waals surface area contributed by atoms with E-state index in [-0.39, 0.29) is 18.4 Å². The first-order valence-electron chi connectivity index (χ1n) is 8.16. The summed E-state index contributed by atoms with van der Waals surface area (Å²) in [7, 11) is 0. The summed E-state index contributed by atoms with van der Waals surface area (Å²) >= 11 is 5.91. The predicted octanol–water partition coefficient (Wildman–Crippen LogP) is 2.12. The predicted molar refractivity (Wildman–Crippen MR) is 89.5 cm³/mol. The Balaban J connectivity index is 1.83. The van der Waals surface area contributed by atoms with E-state index in [4.69, 9.17) is 11.6 Å². The standard InChI is InChI=1S/C17H20ClN3O3/c1-2-17(12-5-7-13(18)8-6-12)15(23)21(16(24)19-17)11-14(22)20-9-3-4-10-20/h5-8H,2-4,9-11H2,1H3,(H,19,24)/t17-/m0/s1. The van der Waals surface area contributed by atoms with E-state index in [1.54, 1.807) is 29.2 Å². The van der Waals surface area contributed by atoms with Crippen molar-refractivity contribution < 1.29 is 14.4 Å². The van der Waals surface area contributed by atoms with Crippen molar-refractivity contribution >= 4 is 29.4 Å². The van der Waals surface area contributed by atoms with Gasteiger partial charge in [0.2, 0.25) is 5.91 Å². The van der Waals surface area contributed by atoms with Crippen LogP contribution in [0.2, 0.25) is 5.02 Å². The maximum atomic E-state index is 12.9. The summed E-state index contributed by atoms with van der Waals surface area (Å²) in [5, 5.41) is 3.33. The number of nitrogens with zero attached hydrogens (tertiary/aromatic N) is 2. The van der Waals surface area contributed by atoms with Crippen molar-refractivity contribution in [3.8, 4) is 0 Å². The Bertz CT molecular complexity index is 670. The quantitative estimate of drug-likeness (QED) is 0.846. The largest absolute Gasteiger partial charge is 0.341 e. The van der Waals surface area contributed by atoms with Crippen LogP contribution in [0.25, 0.3) is 0 Å². The minimum atomic E-state index is -1.13. The Hall–Kier alpha value is -2.08. The molecule has 0 unspecified atom stereocenters. The molecule has 0 aromatic heterocycles. The number of rotatable bonds is 4. The summed E-state index contributed by atoms with van der Waals surface area (Å²) in [5.41, 5.74) is -0.462. The highest BCUT2D eigenvalue weighted by Gasteiger charge is 2.51. The number of likely N-dealkylation sites (tertiary alicyclic amines) is 1. The number of hydrogen-bond donors (Lipinski definition) is 1.